The molecule has 9 heteroatoms. The average Bonchev–Trinajstić information content (AvgIpc) is 3.28. The summed E-state index contributed by atoms with van der Waals surface area (Å²) in [5.41, 5.74) is 1.87. The number of fused-ring (bicyclic) bond motifs is 1. The first-order valence-corrected chi connectivity index (χ1v) is 9.96. The van der Waals surface area contributed by atoms with Crippen molar-refractivity contribution < 1.29 is 14.1 Å². The quantitative estimate of drug-likeness (QED) is 0.462. The van der Waals surface area contributed by atoms with Gasteiger partial charge in [0.15, 0.2) is 10.9 Å². The lowest BCUT2D eigenvalue weighted by Crippen LogP contribution is -2.26. The second-order valence-corrected chi connectivity index (χ2v) is 7.83. The van der Waals surface area contributed by atoms with Crippen LogP contribution in [0.1, 0.15) is 23.9 Å². The zero-order chi connectivity index (χ0) is 19.7. The molecule has 1 aliphatic rings. The summed E-state index contributed by atoms with van der Waals surface area (Å²) >= 11 is 7.35. The van der Waals surface area contributed by atoms with Crippen LogP contribution >= 0.6 is 23.4 Å². The van der Waals surface area contributed by atoms with Crippen LogP contribution in [0.25, 0.3) is 11.3 Å². The van der Waals surface area contributed by atoms with Gasteiger partial charge in [0.25, 0.3) is 5.56 Å². The molecule has 3 aromatic rings. The van der Waals surface area contributed by atoms with Crippen molar-refractivity contribution in [2.75, 3.05) is 5.75 Å². The van der Waals surface area contributed by atoms with Crippen LogP contribution < -0.4 is 5.56 Å². The molecular weight excluding hydrogens is 402 g/mol. The van der Waals surface area contributed by atoms with Gasteiger partial charge in [-0.25, -0.2) is 4.98 Å². The van der Waals surface area contributed by atoms with Gasteiger partial charge >= 0.3 is 5.97 Å². The number of esters is 1. The van der Waals surface area contributed by atoms with Gasteiger partial charge in [0.05, 0.1) is 12.5 Å². The minimum atomic E-state index is -0.401. The Hall–Kier alpha value is -2.58. The minimum Gasteiger partial charge on any atom is -0.459 e. The third-order valence-electron chi connectivity index (χ3n) is 4.29. The van der Waals surface area contributed by atoms with E-state index >= 15 is 0 Å². The fourth-order valence-corrected chi connectivity index (χ4v) is 4.27. The van der Waals surface area contributed by atoms with Crippen molar-refractivity contribution in [3.8, 4) is 11.3 Å². The Labute approximate surface area is 169 Å². The van der Waals surface area contributed by atoms with Crippen LogP contribution in [0.4, 0.5) is 0 Å². The maximum atomic E-state index is 12.2. The van der Waals surface area contributed by atoms with Crippen LogP contribution in [-0.4, -0.2) is 26.4 Å². The first kappa shape index (κ1) is 18.8. The Balaban J connectivity index is 1.36. The second-order valence-electron chi connectivity index (χ2n) is 6.41. The largest absolute Gasteiger partial charge is 0.459 e. The number of nitrogens with zero attached hydrogens (tertiary/aromatic N) is 3. The van der Waals surface area contributed by atoms with Crippen molar-refractivity contribution in [1.29, 1.82) is 0 Å². The summed E-state index contributed by atoms with van der Waals surface area (Å²) in [6.07, 6.45) is 0.104. The molecule has 0 aliphatic carbocycles. The van der Waals surface area contributed by atoms with Crippen molar-refractivity contribution in [3.63, 3.8) is 0 Å². The fourth-order valence-electron chi connectivity index (χ4n) is 2.95. The second kappa shape index (κ2) is 7.81. The molecule has 0 N–H and O–H groups in total. The summed E-state index contributed by atoms with van der Waals surface area (Å²) < 4.78 is 12.2. The topological polar surface area (TPSA) is 87.2 Å². The van der Waals surface area contributed by atoms with Crippen LogP contribution in [0.2, 0.25) is 5.02 Å². The Morgan fingerprint density at radius 3 is 2.93 bits per heavy atom. The maximum Gasteiger partial charge on any atom is 0.308 e. The molecule has 1 aliphatic heterocycles. The molecule has 3 heterocycles. The Morgan fingerprint density at radius 2 is 2.14 bits per heavy atom. The molecule has 0 spiro atoms. The number of aryl methyl sites for hydroxylation is 1. The van der Waals surface area contributed by atoms with E-state index in [4.69, 9.17) is 20.9 Å². The summed E-state index contributed by atoms with van der Waals surface area (Å²) in [4.78, 5) is 28.8. The fraction of sp³-hybridized carbons (Fsp3) is 0.263. The Kier molecular flexibility index (Phi) is 5.23. The average molecular weight is 418 g/mol. The number of ether oxygens (including phenoxy) is 1. The van der Waals surface area contributed by atoms with E-state index < -0.39 is 5.97 Å². The molecule has 144 valence electrons. The van der Waals surface area contributed by atoms with E-state index in [2.05, 4.69) is 10.1 Å². The smallest absolute Gasteiger partial charge is 0.308 e. The number of carbonyl (C=O) groups is 1. The van der Waals surface area contributed by atoms with E-state index in [1.54, 1.807) is 29.7 Å². The molecule has 28 heavy (non-hydrogen) atoms. The van der Waals surface area contributed by atoms with Gasteiger partial charge in [0.2, 0.25) is 0 Å². The summed E-state index contributed by atoms with van der Waals surface area (Å²) in [6, 6.07) is 10.1. The zero-order valence-electron chi connectivity index (χ0n) is 14.9. The number of hydrogen-bond acceptors (Lipinski definition) is 7. The summed E-state index contributed by atoms with van der Waals surface area (Å²) in [5, 5.41) is 5.20. The van der Waals surface area contributed by atoms with Gasteiger partial charge in [-0.2, -0.15) is 0 Å². The standard InChI is InChI=1S/C19H16ClN3O4S/c1-11-6-17(24)23-15(10-28-19(23)21-11)8-18(25)26-9-14-7-16(27-22-14)12-2-4-13(20)5-3-12/h2-7,15H,8-10H2,1H3. The van der Waals surface area contributed by atoms with Gasteiger partial charge in [-0.05, 0) is 31.2 Å². The summed E-state index contributed by atoms with van der Waals surface area (Å²) in [5.74, 6) is 0.782. The Bertz CT molecular complexity index is 1080. The van der Waals surface area contributed by atoms with E-state index in [1.165, 1.54) is 17.8 Å². The maximum absolute atomic E-state index is 12.2. The van der Waals surface area contributed by atoms with Crippen LogP contribution in [0.5, 0.6) is 0 Å². The highest BCUT2D eigenvalue weighted by molar-refractivity contribution is 7.99. The van der Waals surface area contributed by atoms with Crippen molar-refractivity contribution in [3.05, 3.63) is 63.2 Å². The highest BCUT2D eigenvalue weighted by Crippen LogP contribution is 2.32. The molecule has 0 amide bonds. The first-order valence-electron chi connectivity index (χ1n) is 8.60. The zero-order valence-corrected chi connectivity index (χ0v) is 16.5. The molecule has 0 bridgehead atoms. The molecule has 0 saturated carbocycles. The SMILES string of the molecule is Cc1cc(=O)n2c(n1)SCC2CC(=O)OCc1cc(-c2ccc(Cl)cc2)on1. The predicted octanol–water partition coefficient (Wildman–Crippen LogP) is 3.64. The number of carbonyl (C=O) groups excluding carboxylic acids is 1. The molecule has 0 saturated heterocycles. The number of aromatic nitrogens is 3. The molecule has 1 aromatic carbocycles. The van der Waals surface area contributed by atoms with Crippen LogP contribution in [0.3, 0.4) is 0 Å². The van der Waals surface area contributed by atoms with Gasteiger partial charge in [-0.3, -0.25) is 14.2 Å². The number of hydrogen-bond donors (Lipinski definition) is 0. The monoisotopic (exact) mass is 417 g/mol. The van der Waals surface area contributed by atoms with Gasteiger partial charge in [0.1, 0.15) is 12.3 Å². The van der Waals surface area contributed by atoms with Crippen LogP contribution in [0.15, 0.2) is 50.9 Å². The van der Waals surface area contributed by atoms with Gasteiger partial charge in [-0.15, -0.1) is 0 Å². The number of rotatable bonds is 5. The van der Waals surface area contributed by atoms with E-state index in [0.717, 1.165) is 5.56 Å². The molecule has 0 fully saturated rings. The van der Waals surface area contributed by atoms with Crippen LogP contribution in [0, 0.1) is 6.92 Å². The number of thioether (sulfide) groups is 1. The summed E-state index contributed by atoms with van der Waals surface area (Å²) in [7, 11) is 0. The van der Waals surface area contributed by atoms with Gasteiger partial charge in [0, 0.05) is 34.2 Å². The van der Waals surface area contributed by atoms with Crippen molar-refractivity contribution in [2.45, 2.75) is 31.1 Å². The van der Waals surface area contributed by atoms with E-state index in [-0.39, 0.29) is 24.6 Å². The lowest BCUT2D eigenvalue weighted by molar-refractivity contribution is -0.145. The van der Waals surface area contributed by atoms with E-state index in [0.29, 0.717) is 33.1 Å². The van der Waals surface area contributed by atoms with Crippen LogP contribution in [-0.2, 0) is 16.1 Å². The molecule has 4 rings (SSSR count). The highest BCUT2D eigenvalue weighted by atomic mass is 35.5. The number of halogens is 1. The highest BCUT2D eigenvalue weighted by Gasteiger charge is 2.28. The number of benzene rings is 1. The normalized spacial score (nSPS) is 15.4. The molecule has 7 nitrogen and oxygen atoms in total. The van der Waals surface area contributed by atoms with Gasteiger partial charge in [-0.1, -0.05) is 28.5 Å². The minimum absolute atomic E-state index is 0.00366. The summed E-state index contributed by atoms with van der Waals surface area (Å²) in [6.45, 7) is 1.78. The van der Waals surface area contributed by atoms with E-state index in [9.17, 15) is 9.59 Å². The molecule has 2 aromatic heterocycles. The van der Waals surface area contributed by atoms with Gasteiger partial charge < -0.3 is 9.26 Å². The molecule has 0 radical (unpaired) electrons. The van der Waals surface area contributed by atoms with E-state index in [1.807, 2.05) is 12.1 Å². The lowest BCUT2D eigenvalue weighted by atomic mass is 10.2. The van der Waals surface area contributed by atoms with Crippen molar-refractivity contribution >= 4 is 29.3 Å². The molecule has 1 unspecified atom stereocenters. The third-order valence-corrected chi connectivity index (χ3v) is 5.64. The van der Waals surface area contributed by atoms with Crippen molar-refractivity contribution in [2.24, 2.45) is 0 Å². The molecule has 1 atom stereocenters. The molecular formula is C19H16ClN3O4S. The predicted molar refractivity (Wildman–Crippen MR) is 104 cm³/mol. The van der Waals surface area contributed by atoms with Crippen molar-refractivity contribution in [1.82, 2.24) is 14.7 Å². The lowest BCUT2D eigenvalue weighted by Gasteiger charge is -2.12. The first-order chi connectivity index (χ1) is 13.5. The third kappa shape index (κ3) is 3.98. The Morgan fingerprint density at radius 1 is 1.36 bits per heavy atom.